The molecule has 1 aliphatic rings. The zero-order chi connectivity index (χ0) is 21.6. The van der Waals surface area contributed by atoms with Gasteiger partial charge in [0.2, 0.25) is 0 Å². The maximum Gasteiger partial charge on any atom is 0.0717 e. The molecule has 0 unspecified atom stereocenters. The summed E-state index contributed by atoms with van der Waals surface area (Å²) >= 11 is 0. The van der Waals surface area contributed by atoms with Crippen LogP contribution in [0.5, 0.6) is 0 Å². The molecule has 1 radical (unpaired) electrons. The third-order valence-electron chi connectivity index (χ3n) is 5.12. The van der Waals surface area contributed by atoms with Crippen molar-refractivity contribution in [2.24, 2.45) is 20.0 Å². The fourth-order valence-electron chi connectivity index (χ4n) is 3.41. The van der Waals surface area contributed by atoms with Crippen molar-refractivity contribution in [3.63, 3.8) is 0 Å². The SMILES string of the molecule is C1=Nc2ccccc2C=Nc2ccccc2C=Nc2ccccc2C=Nc2ccccc21.[Cu]. The van der Waals surface area contributed by atoms with Crippen LogP contribution < -0.4 is 0 Å². The molecular formula is C28H20CuN4. The summed E-state index contributed by atoms with van der Waals surface area (Å²) in [5, 5.41) is 0. The maximum atomic E-state index is 4.74. The number of aliphatic imine (C=N–C) groups is 4. The van der Waals surface area contributed by atoms with E-state index < -0.39 is 0 Å². The Balaban J connectivity index is 0.00000259. The first-order valence-electron chi connectivity index (χ1n) is 10.4. The third-order valence-corrected chi connectivity index (χ3v) is 5.12. The fourth-order valence-corrected chi connectivity index (χ4v) is 3.41. The first-order chi connectivity index (χ1) is 15.9. The minimum atomic E-state index is 0. The van der Waals surface area contributed by atoms with Crippen molar-refractivity contribution in [3.05, 3.63) is 119 Å². The van der Waals surface area contributed by atoms with Gasteiger partial charge in [-0.1, -0.05) is 72.8 Å². The molecule has 33 heavy (non-hydrogen) atoms. The van der Waals surface area contributed by atoms with E-state index in [0.717, 1.165) is 45.0 Å². The molecule has 0 N–H and O–H groups in total. The van der Waals surface area contributed by atoms with E-state index in [4.69, 9.17) is 20.0 Å². The molecule has 0 saturated heterocycles. The molecule has 4 aromatic rings. The van der Waals surface area contributed by atoms with E-state index in [1.165, 1.54) is 0 Å². The molecule has 0 fully saturated rings. The Labute approximate surface area is 203 Å². The van der Waals surface area contributed by atoms with Crippen LogP contribution >= 0.6 is 0 Å². The molecule has 1 heterocycles. The molecular weight excluding hydrogens is 456 g/mol. The van der Waals surface area contributed by atoms with E-state index in [1.54, 1.807) is 0 Å². The number of para-hydroxylation sites is 4. The summed E-state index contributed by atoms with van der Waals surface area (Å²) in [5.74, 6) is 0. The Morgan fingerprint density at radius 2 is 0.515 bits per heavy atom. The van der Waals surface area contributed by atoms with Crippen LogP contribution in [0.4, 0.5) is 22.7 Å². The molecule has 0 spiro atoms. The smallest absolute Gasteiger partial charge is 0.0717 e. The Hall–Kier alpha value is -3.92. The summed E-state index contributed by atoms with van der Waals surface area (Å²) in [5.41, 5.74) is 7.14. The van der Waals surface area contributed by atoms with E-state index in [0.29, 0.717) is 0 Å². The first kappa shape index (κ1) is 22.3. The molecule has 0 amide bonds. The van der Waals surface area contributed by atoms with Crippen LogP contribution in [-0.2, 0) is 17.1 Å². The van der Waals surface area contributed by atoms with Crippen LogP contribution in [0.1, 0.15) is 22.3 Å². The predicted molar refractivity (Wildman–Crippen MR) is 135 cm³/mol. The number of hydrogen-bond donors (Lipinski definition) is 0. The van der Waals surface area contributed by atoms with Crippen LogP contribution in [0.3, 0.4) is 0 Å². The van der Waals surface area contributed by atoms with E-state index in [9.17, 15) is 0 Å². The Bertz CT molecular complexity index is 1070. The average Bonchev–Trinajstić information content (AvgIpc) is 2.85. The number of rotatable bonds is 0. The normalized spacial score (nSPS) is 12.1. The number of hydrogen-bond acceptors (Lipinski definition) is 4. The van der Waals surface area contributed by atoms with Gasteiger partial charge in [-0.15, -0.1) is 0 Å². The van der Waals surface area contributed by atoms with Crippen LogP contribution in [0.2, 0.25) is 0 Å². The third kappa shape index (κ3) is 5.29. The molecule has 0 aromatic heterocycles. The summed E-state index contributed by atoms with van der Waals surface area (Å²) in [7, 11) is 0. The van der Waals surface area contributed by atoms with Gasteiger partial charge in [0.15, 0.2) is 0 Å². The second kappa shape index (κ2) is 10.6. The van der Waals surface area contributed by atoms with Crippen molar-refractivity contribution < 1.29 is 17.1 Å². The number of nitrogens with zero attached hydrogens (tertiary/aromatic N) is 4. The topological polar surface area (TPSA) is 49.4 Å². The van der Waals surface area contributed by atoms with E-state index in [1.807, 2.05) is 122 Å². The Morgan fingerprint density at radius 3 is 0.758 bits per heavy atom. The van der Waals surface area contributed by atoms with Crippen LogP contribution in [-0.4, -0.2) is 24.9 Å². The monoisotopic (exact) mass is 475 g/mol. The first-order valence-corrected chi connectivity index (χ1v) is 10.4. The molecule has 1 aliphatic heterocycles. The van der Waals surface area contributed by atoms with Gasteiger partial charge in [-0.3, -0.25) is 20.0 Å². The predicted octanol–water partition coefficient (Wildman–Crippen LogP) is 7.00. The second-order valence-electron chi connectivity index (χ2n) is 7.27. The van der Waals surface area contributed by atoms with Crippen molar-refractivity contribution in [1.82, 2.24) is 0 Å². The Morgan fingerprint density at radius 1 is 0.303 bits per heavy atom. The Kier molecular flexibility index (Phi) is 7.15. The standard InChI is InChI=1S/C28H20N4.Cu/c1-5-13-25-21(9-1)17-29-26-14-6-2-11-23(26)19-31-28-16-8-4-12-24(28)20-32-27-15-7-3-10-22(27)18-30-25;/h1-20H;. The fraction of sp³-hybridized carbons (Fsp3) is 0. The molecule has 163 valence electrons. The van der Waals surface area contributed by atoms with Gasteiger partial charge in [-0.25, -0.2) is 0 Å². The van der Waals surface area contributed by atoms with Gasteiger partial charge in [0, 0.05) is 64.2 Å². The van der Waals surface area contributed by atoms with Crippen molar-refractivity contribution >= 4 is 47.6 Å². The van der Waals surface area contributed by atoms with Gasteiger partial charge < -0.3 is 0 Å². The molecule has 5 rings (SSSR count). The molecule has 0 atom stereocenters. The number of benzene rings is 4. The van der Waals surface area contributed by atoms with Crippen molar-refractivity contribution in [1.29, 1.82) is 0 Å². The average molecular weight is 476 g/mol. The van der Waals surface area contributed by atoms with Gasteiger partial charge in [0.05, 0.1) is 22.7 Å². The van der Waals surface area contributed by atoms with Crippen molar-refractivity contribution in [2.45, 2.75) is 0 Å². The molecule has 4 nitrogen and oxygen atoms in total. The quantitative estimate of drug-likeness (QED) is 0.216. The second-order valence-corrected chi connectivity index (χ2v) is 7.27. The van der Waals surface area contributed by atoms with Gasteiger partial charge in [0.25, 0.3) is 0 Å². The van der Waals surface area contributed by atoms with Crippen LogP contribution in [0.25, 0.3) is 0 Å². The summed E-state index contributed by atoms with van der Waals surface area (Å²) in [6.07, 6.45) is 7.40. The van der Waals surface area contributed by atoms with E-state index in [2.05, 4.69) is 0 Å². The van der Waals surface area contributed by atoms with Crippen molar-refractivity contribution in [2.75, 3.05) is 0 Å². The zero-order valence-corrected chi connectivity index (χ0v) is 18.6. The van der Waals surface area contributed by atoms with Gasteiger partial charge in [0.1, 0.15) is 0 Å². The molecule has 5 heteroatoms. The van der Waals surface area contributed by atoms with Crippen LogP contribution in [0.15, 0.2) is 117 Å². The minimum Gasteiger partial charge on any atom is -0.256 e. The molecule has 0 aliphatic carbocycles. The summed E-state index contributed by atoms with van der Waals surface area (Å²) in [6, 6.07) is 31.8. The minimum absolute atomic E-state index is 0. The summed E-state index contributed by atoms with van der Waals surface area (Å²) < 4.78 is 0. The van der Waals surface area contributed by atoms with Gasteiger partial charge in [-0.2, -0.15) is 0 Å². The maximum absolute atomic E-state index is 4.74. The molecule has 0 saturated carbocycles. The molecule has 4 aromatic carbocycles. The number of fused-ring (bicyclic) bond motifs is 4. The van der Waals surface area contributed by atoms with E-state index in [-0.39, 0.29) is 17.1 Å². The van der Waals surface area contributed by atoms with Gasteiger partial charge in [-0.05, 0) is 24.3 Å². The summed E-state index contributed by atoms with van der Waals surface area (Å²) in [6.45, 7) is 0. The summed E-state index contributed by atoms with van der Waals surface area (Å²) in [4.78, 5) is 19.0. The molecule has 0 bridgehead atoms. The van der Waals surface area contributed by atoms with Gasteiger partial charge >= 0.3 is 0 Å². The zero-order valence-electron chi connectivity index (χ0n) is 17.6. The van der Waals surface area contributed by atoms with Crippen LogP contribution in [0, 0.1) is 0 Å². The largest absolute Gasteiger partial charge is 0.256 e. The van der Waals surface area contributed by atoms with E-state index >= 15 is 0 Å². The van der Waals surface area contributed by atoms with Crippen molar-refractivity contribution in [3.8, 4) is 0 Å².